The summed E-state index contributed by atoms with van der Waals surface area (Å²) in [7, 11) is 0. The third-order valence-corrected chi connectivity index (χ3v) is 3.70. The van der Waals surface area contributed by atoms with E-state index in [0.717, 1.165) is 12.0 Å². The summed E-state index contributed by atoms with van der Waals surface area (Å²) >= 11 is 5.20. The van der Waals surface area contributed by atoms with Crippen LogP contribution in [0.3, 0.4) is 0 Å². The van der Waals surface area contributed by atoms with Crippen LogP contribution in [0.4, 0.5) is 11.4 Å². The van der Waals surface area contributed by atoms with E-state index in [9.17, 15) is 9.59 Å². The number of benzene rings is 2. The number of carbonyl (C=O) groups is 2. The Morgan fingerprint density at radius 2 is 1.68 bits per heavy atom. The second kappa shape index (κ2) is 8.94. The maximum Gasteiger partial charge on any atom is 0.257 e. The van der Waals surface area contributed by atoms with Crippen molar-refractivity contribution in [2.45, 2.75) is 26.7 Å². The summed E-state index contributed by atoms with van der Waals surface area (Å²) in [5, 5.41) is 8.64. The molecular formula is C19H21N3O2S. The van der Waals surface area contributed by atoms with Crippen LogP contribution < -0.4 is 16.0 Å². The van der Waals surface area contributed by atoms with Gasteiger partial charge < -0.3 is 10.6 Å². The first kappa shape index (κ1) is 18.6. The second-order valence-electron chi connectivity index (χ2n) is 5.60. The molecule has 0 aromatic heterocycles. The van der Waals surface area contributed by atoms with Crippen molar-refractivity contribution >= 4 is 40.5 Å². The zero-order valence-electron chi connectivity index (χ0n) is 14.3. The first-order chi connectivity index (χ1) is 12.0. The standard InChI is InChI=1S/C19H21N3O2S/c1-3-7-17(23)20-14-9-6-10-15(12-14)21-19(25)22-18(24)16-11-5-4-8-13(16)2/h4-6,8-12H,3,7H2,1-2H3,(H,20,23)(H2,21,22,24,25). The van der Waals surface area contributed by atoms with E-state index in [0.29, 0.717) is 23.4 Å². The van der Waals surface area contributed by atoms with E-state index in [2.05, 4.69) is 16.0 Å². The molecule has 0 atom stereocenters. The predicted octanol–water partition coefficient (Wildman–Crippen LogP) is 3.86. The Kier molecular flexibility index (Phi) is 6.65. The molecule has 0 fully saturated rings. The number of anilines is 2. The topological polar surface area (TPSA) is 70.2 Å². The molecular weight excluding hydrogens is 334 g/mol. The highest BCUT2D eigenvalue weighted by atomic mass is 32.1. The van der Waals surface area contributed by atoms with Gasteiger partial charge in [0.25, 0.3) is 5.91 Å². The molecule has 0 aliphatic rings. The molecule has 130 valence electrons. The van der Waals surface area contributed by atoms with Gasteiger partial charge in [-0.1, -0.05) is 31.2 Å². The molecule has 0 heterocycles. The van der Waals surface area contributed by atoms with Crippen LogP contribution in [-0.2, 0) is 4.79 Å². The molecule has 0 aliphatic heterocycles. The van der Waals surface area contributed by atoms with Crippen LogP contribution >= 0.6 is 12.2 Å². The molecule has 0 saturated carbocycles. The zero-order chi connectivity index (χ0) is 18.2. The summed E-state index contributed by atoms with van der Waals surface area (Å²) in [6, 6.07) is 14.5. The van der Waals surface area contributed by atoms with Crippen molar-refractivity contribution in [1.29, 1.82) is 0 Å². The summed E-state index contributed by atoms with van der Waals surface area (Å²) in [6.45, 7) is 3.82. The Morgan fingerprint density at radius 3 is 2.36 bits per heavy atom. The van der Waals surface area contributed by atoms with Crippen molar-refractivity contribution in [3.8, 4) is 0 Å². The maximum absolute atomic E-state index is 12.3. The highest BCUT2D eigenvalue weighted by Gasteiger charge is 2.10. The van der Waals surface area contributed by atoms with Crippen molar-refractivity contribution in [1.82, 2.24) is 5.32 Å². The lowest BCUT2D eigenvalue weighted by molar-refractivity contribution is -0.116. The number of hydrogen-bond acceptors (Lipinski definition) is 3. The summed E-state index contributed by atoms with van der Waals surface area (Å²) in [5.41, 5.74) is 2.82. The number of hydrogen-bond donors (Lipinski definition) is 3. The average molecular weight is 355 g/mol. The third kappa shape index (κ3) is 5.69. The fraction of sp³-hybridized carbons (Fsp3) is 0.211. The van der Waals surface area contributed by atoms with Crippen molar-refractivity contribution in [2.75, 3.05) is 10.6 Å². The zero-order valence-corrected chi connectivity index (χ0v) is 15.1. The molecule has 0 unspecified atom stereocenters. The van der Waals surface area contributed by atoms with E-state index in [1.165, 1.54) is 0 Å². The van der Waals surface area contributed by atoms with Crippen LogP contribution in [0.2, 0.25) is 0 Å². The van der Waals surface area contributed by atoms with Gasteiger partial charge in [0.05, 0.1) is 0 Å². The quantitative estimate of drug-likeness (QED) is 0.712. The number of nitrogens with one attached hydrogen (secondary N) is 3. The largest absolute Gasteiger partial charge is 0.332 e. The molecule has 0 aliphatic carbocycles. The number of amides is 2. The summed E-state index contributed by atoms with van der Waals surface area (Å²) in [5.74, 6) is -0.293. The van der Waals surface area contributed by atoms with Crippen molar-refractivity contribution in [3.63, 3.8) is 0 Å². The van der Waals surface area contributed by atoms with Gasteiger partial charge in [0.15, 0.2) is 5.11 Å². The minimum Gasteiger partial charge on any atom is -0.332 e. The van der Waals surface area contributed by atoms with Gasteiger partial charge in [-0.05, 0) is 55.4 Å². The molecule has 2 aromatic carbocycles. The molecule has 0 radical (unpaired) electrons. The molecule has 2 aromatic rings. The molecule has 0 saturated heterocycles. The second-order valence-corrected chi connectivity index (χ2v) is 6.01. The molecule has 25 heavy (non-hydrogen) atoms. The number of thiocarbonyl (C=S) groups is 1. The van der Waals surface area contributed by atoms with Crippen LogP contribution in [-0.4, -0.2) is 16.9 Å². The fourth-order valence-electron chi connectivity index (χ4n) is 2.29. The summed E-state index contributed by atoms with van der Waals surface area (Å²) in [4.78, 5) is 23.9. The number of aryl methyl sites for hydroxylation is 1. The van der Waals surface area contributed by atoms with Crippen LogP contribution in [0.15, 0.2) is 48.5 Å². The molecule has 0 bridgehead atoms. The predicted molar refractivity (Wildman–Crippen MR) is 105 cm³/mol. The van der Waals surface area contributed by atoms with Gasteiger partial charge in [-0.2, -0.15) is 0 Å². The van der Waals surface area contributed by atoms with Gasteiger partial charge in [0, 0.05) is 23.4 Å². The maximum atomic E-state index is 12.3. The van der Waals surface area contributed by atoms with Gasteiger partial charge in [-0.3, -0.25) is 14.9 Å². The number of rotatable bonds is 5. The first-order valence-corrected chi connectivity index (χ1v) is 8.48. The van der Waals surface area contributed by atoms with Crippen LogP contribution in [0.5, 0.6) is 0 Å². The lowest BCUT2D eigenvalue weighted by Gasteiger charge is -2.12. The fourth-order valence-corrected chi connectivity index (χ4v) is 2.50. The van der Waals surface area contributed by atoms with E-state index < -0.39 is 0 Å². The lowest BCUT2D eigenvalue weighted by atomic mass is 10.1. The van der Waals surface area contributed by atoms with Gasteiger partial charge in [-0.25, -0.2) is 0 Å². The van der Waals surface area contributed by atoms with E-state index in [1.807, 2.05) is 32.0 Å². The highest BCUT2D eigenvalue weighted by molar-refractivity contribution is 7.80. The Hall–Kier alpha value is -2.73. The molecule has 2 rings (SSSR count). The minimum absolute atomic E-state index is 0.0323. The van der Waals surface area contributed by atoms with Gasteiger partial charge in [0.2, 0.25) is 5.91 Å². The summed E-state index contributed by atoms with van der Waals surface area (Å²) < 4.78 is 0. The Balaban J connectivity index is 1.97. The smallest absolute Gasteiger partial charge is 0.257 e. The van der Waals surface area contributed by atoms with E-state index in [1.54, 1.807) is 30.3 Å². The SMILES string of the molecule is CCCC(=O)Nc1cccc(NC(=S)NC(=O)c2ccccc2C)c1. The van der Waals surface area contributed by atoms with Crippen molar-refractivity contribution in [2.24, 2.45) is 0 Å². The Bertz CT molecular complexity index is 790. The van der Waals surface area contributed by atoms with E-state index in [4.69, 9.17) is 12.2 Å². The van der Waals surface area contributed by atoms with E-state index in [-0.39, 0.29) is 16.9 Å². The molecule has 3 N–H and O–H groups in total. The van der Waals surface area contributed by atoms with Crippen molar-refractivity contribution in [3.05, 3.63) is 59.7 Å². The molecule has 2 amide bonds. The van der Waals surface area contributed by atoms with Crippen molar-refractivity contribution < 1.29 is 9.59 Å². The monoisotopic (exact) mass is 355 g/mol. The average Bonchev–Trinajstić information content (AvgIpc) is 2.55. The van der Waals surface area contributed by atoms with E-state index >= 15 is 0 Å². The first-order valence-electron chi connectivity index (χ1n) is 8.07. The van der Waals surface area contributed by atoms with Crippen LogP contribution in [0.25, 0.3) is 0 Å². The van der Waals surface area contributed by atoms with Crippen LogP contribution in [0, 0.1) is 6.92 Å². The Labute approximate surface area is 152 Å². The van der Waals surface area contributed by atoms with Crippen LogP contribution in [0.1, 0.15) is 35.7 Å². The third-order valence-electron chi connectivity index (χ3n) is 3.50. The lowest BCUT2D eigenvalue weighted by Crippen LogP contribution is -2.34. The summed E-state index contributed by atoms with van der Waals surface area (Å²) in [6.07, 6.45) is 1.27. The molecule has 0 spiro atoms. The number of carbonyl (C=O) groups excluding carboxylic acids is 2. The van der Waals surface area contributed by atoms with Gasteiger partial charge in [-0.15, -0.1) is 0 Å². The Morgan fingerprint density at radius 1 is 1.00 bits per heavy atom. The normalized spacial score (nSPS) is 10.0. The van der Waals surface area contributed by atoms with Gasteiger partial charge in [0.1, 0.15) is 0 Å². The highest BCUT2D eigenvalue weighted by Crippen LogP contribution is 2.15. The minimum atomic E-state index is -0.261. The molecule has 6 heteroatoms. The molecule has 5 nitrogen and oxygen atoms in total. The van der Waals surface area contributed by atoms with Gasteiger partial charge >= 0.3 is 0 Å².